The number of rotatable bonds is 5. The topological polar surface area (TPSA) is 55.8 Å². The molecule has 1 fully saturated rings. The molecule has 5 heteroatoms. The first-order valence-corrected chi connectivity index (χ1v) is 8.03. The summed E-state index contributed by atoms with van der Waals surface area (Å²) in [5.74, 6) is 0.226. The van der Waals surface area contributed by atoms with Crippen LogP contribution in [0.4, 0.5) is 10.5 Å². The van der Waals surface area contributed by atoms with Gasteiger partial charge in [0.1, 0.15) is 0 Å². The van der Waals surface area contributed by atoms with Gasteiger partial charge in [-0.15, -0.1) is 0 Å². The lowest BCUT2D eigenvalue weighted by molar-refractivity contribution is 0.129. The van der Waals surface area contributed by atoms with Crippen molar-refractivity contribution in [2.75, 3.05) is 38.2 Å². The van der Waals surface area contributed by atoms with Crippen LogP contribution in [0.25, 0.3) is 0 Å². The summed E-state index contributed by atoms with van der Waals surface area (Å²) in [6.07, 6.45) is 1.98. The lowest BCUT2D eigenvalue weighted by Crippen LogP contribution is -2.49. The molecular weight excluding hydrogens is 278 g/mol. The van der Waals surface area contributed by atoms with Crippen LogP contribution < -0.4 is 10.2 Å². The van der Waals surface area contributed by atoms with E-state index in [0.717, 1.165) is 25.1 Å². The van der Waals surface area contributed by atoms with Crippen LogP contribution in [0.2, 0.25) is 0 Å². The predicted molar refractivity (Wildman–Crippen MR) is 89.1 cm³/mol. The molecular formula is C17H27N3O2. The van der Waals surface area contributed by atoms with Crippen molar-refractivity contribution in [1.29, 1.82) is 0 Å². The largest absolute Gasteiger partial charge is 0.396 e. The average molecular weight is 305 g/mol. The molecule has 1 aromatic rings. The van der Waals surface area contributed by atoms with Crippen molar-refractivity contribution >= 4 is 11.7 Å². The summed E-state index contributed by atoms with van der Waals surface area (Å²) in [6, 6.07) is 10.3. The molecule has 0 aliphatic carbocycles. The van der Waals surface area contributed by atoms with E-state index >= 15 is 0 Å². The molecule has 0 saturated carbocycles. The smallest absolute Gasteiger partial charge is 0.317 e. The Balaban J connectivity index is 1.80. The van der Waals surface area contributed by atoms with Crippen molar-refractivity contribution in [3.05, 3.63) is 30.3 Å². The number of nitrogens with one attached hydrogen (secondary N) is 1. The molecule has 22 heavy (non-hydrogen) atoms. The summed E-state index contributed by atoms with van der Waals surface area (Å²) in [7, 11) is 2.04. The number of nitrogens with zero attached hydrogens (tertiary/aromatic N) is 2. The Morgan fingerprint density at radius 1 is 1.45 bits per heavy atom. The zero-order chi connectivity index (χ0) is 15.9. The van der Waals surface area contributed by atoms with Gasteiger partial charge in [-0.1, -0.05) is 18.2 Å². The summed E-state index contributed by atoms with van der Waals surface area (Å²) in [6.45, 7) is 4.30. The van der Waals surface area contributed by atoms with Gasteiger partial charge in [0.2, 0.25) is 0 Å². The van der Waals surface area contributed by atoms with E-state index in [1.807, 2.05) is 30.1 Å². The Kier molecular flexibility index (Phi) is 6.07. The SMILES string of the molecule is C[C@@H](CNC(=O)N1CCC[C@@H](CO)C1)N(C)c1ccccc1. The normalized spacial score (nSPS) is 19.6. The van der Waals surface area contributed by atoms with Gasteiger partial charge in [-0.2, -0.15) is 0 Å². The number of likely N-dealkylation sites (N-methyl/N-ethyl adjacent to an activating group) is 1. The van der Waals surface area contributed by atoms with Crippen LogP contribution in [0.5, 0.6) is 0 Å². The Labute approximate surface area is 132 Å². The number of urea groups is 1. The molecule has 2 atom stereocenters. The Morgan fingerprint density at radius 3 is 2.86 bits per heavy atom. The van der Waals surface area contributed by atoms with Crippen LogP contribution in [0, 0.1) is 5.92 Å². The molecule has 0 spiro atoms. The summed E-state index contributed by atoms with van der Waals surface area (Å²) >= 11 is 0. The molecule has 1 aliphatic rings. The van der Waals surface area contributed by atoms with Crippen LogP contribution in [0.15, 0.2) is 30.3 Å². The quantitative estimate of drug-likeness (QED) is 0.874. The highest BCUT2D eigenvalue weighted by Crippen LogP contribution is 2.16. The molecule has 2 N–H and O–H groups in total. The fourth-order valence-corrected chi connectivity index (χ4v) is 2.80. The number of carbonyl (C=O) groups excluding carboxylic acids is 1. The molecule has 1 heterocycles. The summed E-state index contributed by atoms with van der Waals surface area (Å²) in [5, 5.41) is 12.3. The molecule has 1 aliphatic heterocycles. The number of anilines is 1. The number of amides is 2. The number of carbonyl (C=O) groups is 1. The maximum absolute atomic E-state index is 12.2. The van der Waals surface area contributed by atoms with Gasteiger partial charge in [0.15, 0.2) is 0 Å². The van der Waals surface area contributed by atoms with E-state index in [4.69, 9.17) is 0 Å². The molecule has 1 saturated heterocycles. The van der Waals surface area contributed by atoms with E-state index in [1.165, 1.54) is 0 Å². The van der Waals surface area contributed by atoms with Crippen molar-refractivity contribution in [3.63, 3.8) is 0 Å². The third-order valence-corrected chi connectivity index (χ3v) is 4.44. The minimum absolute atomic E-state index is 0.0218. The minimum Gasteiger partial charge on any atom is -0.396 e. The minimum atomic E-state index is -0.0218. The highest BCUT2D eigenvalue weighted by Gasteiger charge is 2.23. The number of hydrogen-bond donors (Lipinski definition) is 2. The molecule has 0 radical (unpaired) electrons. The van der Waals surface area contributed by atoms with E-state index in [-0.39, 0.29) is 24.6 Å². The van der Waals surface area contributed by atoms with Crippen LogP contribution in [-0.2, 0) is 0 Å². The van der Waals surface area contributed by atoms with Gasteiger partial charge in [-0.05, 0) is 37.8 Å². The standard InChI is InChI=1S/C17H27N3O2/c1-14(19(2)16-8-4-3-5-9-16)11-18-17(22)20-10-6-7-15(12-20)13-21/h3-5,8-9,14-15,21H,6-7,10-13H2,1-2H3,(H,18,22)/t14-,15+/m0/s1. The number of benzene rings is 1. The van der Waals surface area contributed by atoms with E-state index in [9.17, 15) is 9.90 Å². The van der Waals surface area contributed by atoms with E-state index in [2.05, 4.69) is 29.3 Å². The molecule has 122 valence electrons. The molecule has 0 unspecified atom stereocenters. The number of piperidine rings is 1. The third-order valence-electron chi connectivity index (χ3n) is 4.44. The Bertz CT molecular complexity index is 466. The zero-order valence-electron chi connectivity index (χ0n) is 13.5. The second kappa shape index (κ2) is 8.03. The van der Waals surface area contributed by atoms with Crippen molar-refractivity contribution in [2.24, 2.45) is 5.92 Å². The van der Waals surface area contributed by atoms with Crippen molar-refractivity contribution in [2.45, 2.75) is 25.8 Å². The van der Waals surface area contributed by atoms with Gasteiger partial charge in [-0.3, -0.25) is 0 Å². The maximum Gasteiger partial charge on any atom is 0.317 e. The number of likely N-dealkylation sites (tertiary alicyclic amines) is 1. The van der Waals surface area contributed by atoms with E-state index in [1.54, 1.807) is 0 Å². The highest BCUT2D eigenvalue weighted by atomic mass is 16.3. The molecule has 5 nitrogen and oxygen atoms in total. The predicted octanol–water partition coefficient (Wildman–Crippen LogP) is 1.93. The van der Waals surface area contributed by atoms with Crippen molar-refractivity contribution < 1.29 is 9.90 Å². The van der Waals surface area contributed by atoms with E-state index in [0.29, 0.717) is 13.1 Å². The second-order valence-corrected chi connectivity index (χ2v) is 6.12. The van der Waals surface area contributed by atoms with E-state index < -0.39 is 0 Å². The summed E-state index contributed by atoms with van der Waals surface area (Å²) in [5.41, 5.74) is 1.14. The second-order valence-electron chi connectivity index (χ2n) is 6.12. The first-order valence-electron chi connectivity index (χ1n) is 8.03. The van der Waals surface area contributed by atoms with Gasteiger partial charge in [0.05, 0.1) is 0 Å². The first kappa shape index (κ1) is 16.6. The number of aliphatic hydroxyl groups is 1. The van der Waals surface area contributed by atoms with Crippen LogP contribution in [-0.4, -0.2) is 55.4 Å². The number of aliphatic hydroxyl groups excluding tert-OH is 1. The zero-order valence-corrected chi connectivity index (χ0v) is 13.5. The average Bonchev–Trinajstić information content (AvgIpc) is 2.59. The van der Waals surface area contributed by atoms with Crippen LogP contribution in [0.1, 0.15) is 19.8 Å². The summed E-state index contributed by atoms with van der Waals surface area (Å²) in [4.78, 5) is 16.2. The van der Waals surface area contributed by atoms with Crippen molar-refractivity contribution in [3.8, 4) is 0 Å². The van der Waals surface area contributed by atoms with Crippen molar-refractivity contribution in [1.82, 2.24) is 10.2 Å². The fourth-order valence-electron chi connectivity index (χ4n) is 2.80. The fraction of sp³-hybridized carbons (Fsp3) is 0.588. The highest BCUT2D eigenvalue weighted by molar-refractivity contribution is 5.74. The molecule has 0 bridgehead atoms. The van der Waals surface area contributed by atoms with Crippen LogP contribution >= 0.6 is 0 Å². The van der Waals surface area contributed by atoms with Gasteiger partial charge in [0, 0.05) is 45.0 Å². The maximum atomic E-state index is 12.2. The Morgan fingerprint density at radius 2 is 2.18 bits per heavy atom. The molecule has 2 rings (SSSR count). The Hall–Kier alpha value is -1.75. The first-order chi connectivity index (χ1) is 10.6. The van der Waals surface area contributed by atoms with Gasteiger partial charge in [0.25, 0.3) is 0 Å². The molecule has 0 aromatic heterocycles. The van der Waals surface area contributed by atoms with Gasteiger partial charge < -0.3 is 20.2 Å². The van der Waals surface area contributed by atoms with Gasteiger partial charge in [-0.25, -0.2) is 4.79 Å². The van der Waals surface area contributed by atoms with Gasteiger partial charge >= 0.3 is 6.03 Å². The number of para-hydroxylation sites is 1. The molecule has 2 amide bonds. The summed E-state index contributed by atoms with van der Waals surface area (Å²) < 4.78 is 0. The monoisotopic (exact) mass is 305 g/mol. The van der Waals surface area contributed by atoms with Crippen LogP contribution in [0.3, 0.4) is 0 Å². The lowest BCUT2D eigenvalue weighted by atomic mass is 9.99. The lowest BCUT2D eigenvalue weighted by Gasteiger charge is -2.33. The third kappa shape index (κ3) is 4.37. The molecule has 1 aromatic carbocycles. The number of hydrogen-bond acceptors (Lipinski definition) is 3.